The Kier molecular flexibility index (Phi) is 9.50. The predicted octanol–water partition coefficient (Wildman–Crippen LogP) is 6.44. The molecule has 0 aliphatic rings. The minimum atomic E-state index is -0.304. The molecule has 0 saturated carbocycles. The highest BCUT2D eigenvalue weighted by atomic mass is 79.9. The number of aliphatic hydroxyl groups excluding tert-OH is 2. The fourth-order valence-corrected chi connectivity index (χ4v) is 5.95. The second-order valence-electron chi connectivity index (χ2n) is 7.04. The van der Waals surface area contributed by atoms with Crippen LogP contribution >= 0.6 is 63.7 Å². The number of hydrogen-bond acceptors (Lipinski definition) is 4. The molecule has 0 radical (unpaired) electrons. The summed E-state index contributed by atoms with van der Waals surface area (Å²) in [6.45, 7) is 6.96. The number of benzene rings is 2. The van der Waals surface area contributed by atoms with Gasteiger partial charge in [0.05, 0.1) is 31.1 Å². The van der Waals surface area contributed by atoms with Crippen molar-refractivity contribution in [3.05, 3.63) is 53.3 Å². The Morgan fingerprint density at radius 3 is 1.31 bits per heavy atom. The molecule has 0 spiro atoms. The molecule has 160 valence electrons. The largest absolute Gasteiger partial charge is 0.489 e. The van der Waals surface area contributed by atoms with Crippen molar-refractivity contribution >= 4 is 63.7 Å². The van der Waals surface area contributed by atoms with Gasteiger partial charge in [-0.1, -0.05) is 20.8 Å². The Morgan fingerprint density at radius 2 is 1.07 bits per heavy atom. The average molecular weight is 660 g/mol. The first kappa shape index (κ1) is 25.1. The van der Waals surface area contributed by atoms with Crippen LogP contribution in [0.25, 0.3) is 0 Å². The van der Waals surface area contributed by atoms with E-state index in [1.165, 1.54) is 0 Å². The number of hydrogen-bond donors (Lipinski definition) is 2. The molecule has 0 aliphatic heterocycles. The Bertz CT molecular complexity index is 745. The molecule has 0 saturated heterocycles. The minimum Gasteiger partial charge on any atom is -0.489 e. The van der Waals surface area contributed by atoms with Crippen molar-refractivity contribution < 1.29 is 19.7 Å². The highest BCUT2D eigenvalue weighted by Crippen LogP contribution is 2.47. The van der Waals surface area contributed by atoms with Gasteiger partial charge < -0.3 is 19.7 Å². The number of aliphatic hydroxyl groups is 2. The first-order valence-electron chi connectivity index (χ1n) is 9.13. The molecular formula is C21H24Br4O4. The van der Waals surface area contributed by atoms with E-state index in [1.54, 1.807) is 0 Å². The Morgan fingerprint density at radius 1 is 0.759 bits per heavy atom. The van der Waals surface area contributed by atoms with Gasteiger partial charge in [0.2, 0.25) is 0 Å². The van der Waals surface area contributed by atoms with Crippen molar-refractivity contribution in [1.29, 1.82) is 0 Å². The molecule has 2 aromatic carbocycles. The molecule has 0 bridgehead atoms. The molecule has 2 aromatic rings. The fourth-order valence-electron chi connectivity index (χ4n) is 3.12. The van der Waals surface area contributed by atoms with Crippen LogP contribution in [0.3, 0.4) is 0 Å². The smallest absolute Gasteiger partial charge is 0.147 e. The van der Waals surface area contributed by atoms with E-state index >= 15 is 0 Å². The summed E-state index contributed by atoms with van der Waals surface area (Å²) < 4.78 is 14.6. The van der Waals surface area contributed by atoms with Crippen LogP contribution in [-0.4, -0.2) is 36.6 Å². The number of ether oxygens (including phenoxy) is 2. The average Bonchev–Trinajstić information content (AvgIpc) is 2.65. The van der Waals surface area contributed by atoms with E-state index in [4.69, 9.17) is 19.7 Å². The van der Waals surface area contributed by atoms with Gasteiger partial charge in [-0.3, -0.25) is 0 Å². The third-order valence-corrected chi connectivity index (χ3v) is 7.38. The lowest BCUT2D eigenvalue weighted by atomic mass is 9.68. The summed E-state index contributed by atoms with van der Waals surface area (Å²) in [5.41, 5.74) is 1.93. The van der Waals surface area contributed by atoms with Gasteiger partial charge in [-0.15, -0.1) is 0 Å². The summed E-state index contributed by atoms with van der Waals surface area (Å²) in [7, 11) is 0. The van der Waals surface area contributed by atoms with E-state index in [0.29, 0.717) is 11.5 Å². The van der Waals surface area contributed by atoms with Crippen LogP contribution < -0.4 is 9.47 Å². The van der Waals surface area contributed by atoms with Gasteiger partial charge in [0, 0.05) is 5.41 Å². The van der Waals surface area contributed by atoms with Crippen LogP contribution in [0.5, 0.6) is 11.5 Å². The van der Waals surface area contributed by atoms with E-state index < -0.39 is 0 Å². The zero-order chi connectivity index (χ0) is 21.8. The molecule has 8 heteroatoms. The van der Waals surface area contributed by atoms with E-state index in [9.17, 15) is 0 Å². The van der Waals surface area contributed by atoms with Crippen molar-refractivity contribution in [3.63, 3.8) is 0 Å². The summed E-state index contributed by atoms with van der Waals surface area (Å²) in [5, 5.41) is 18.1. The highest BCUT2D eigenvalue weighted by molar-refractivity contribution is 9.11. The second kappa shape index (κ2) is 11.0. The molecule has 2 rings (SSSR count). The van der Waals surface area contributed by atoms with Crippen molar-refractivity contribution in [2.24, 2.45) is 5.92 Å². The normalized spacial score (nSPS) is 11.8. The van der Waals surface area contributed by atoms with Crippen LogP contribution in [0, 0.1) is 5.92 Å². The van der Waals surface area contributed by atoms with Crippen molar-refractivity contribution in [2.45, 2.75) is 26.2 Å². The molecule has 0 atom stereocenters. The van der Waals surface area contributed by atoms with E-state index in [2.05, 4.69) is 109 Å². The van der Waals surface area contributed by atoms with E-state index in [0.717, 1.165) is 29.0 Å². The Balaban J connectivity index is 2.58. The molecule has 0 aromatic heterocycles. The van der Waals surface area contributed by atoms with Crippen LogP contribution in [-0.2, 0) is 5.41 Å². The third kappa shape index (κ3) is 5.57. The Labute approximate surface area is 205 Å². The summed E-state index contributed by atoms with van der Waals surface area (Å²) in [6.07, 6.45) is 0. The minimum absolute atomic E-state index is 0.0445. The lowest BCUT2D eigenvalue weighted by Crippen LogP contribution is -2.30. The maximum Gasteiger partial charge on any atom is 0.147 e. The summed E-state index contributed by atoms with van der Waals surface area (Å²) in [5.74, 6) is 1.63. The van der Waals surface area contributed by atoms with Gasteiger partial charge in [0.1, 0.15) is 24.7 Å². The maximum absolute atomic E-state index is 9.05. The molecule has 2 N–H and O–H groups in total. The summed E-state index contributed by atoms with van der Waals surface area (Å²) >= 11 is 14.4. The molecule has 0 unspecified atom stereocenters. The van der Waals surface area contributed by atoms with Crippen LogP contribution in [0.15, 0.2) is 42.2 Å². The quantitative estimate of drug-likeness (QED) is 0.326. The van der Waals surface area contributed by atoms with Crippen LogP contribution in [0.4, 0.5) is 0 Å². The van der Waals surface area contributed by atoms with Gasteiger partial charge >= 0.3 is 0 Å². The summed E-state index contributed by atoms with van der Waals surface area (Å²) in [4.78, 5) is 0. The van der Waals surface area contributed by atoms with Crippen molar-refractivity contribution in [3.8, 4) is 11.5 Å². The monoisotopic (exact) mass is 656 g/mol. The number of halogens is 4. The molecule has 0 fully saturated rings. The predicted molar refractivity (Wildman–Crippen MR) is 130 cm³/mol. The SMILES string of the molecule is CC(C)C(C)(c1cc(Br)c(OCCO)c(Br)c1)c1cc(Br)c(OCCO)c(Br)c1. The molecule has 4 nitrogen and oxygen atoms in total. The van der Waals surface area contributed by atoms with E-state index in [1.807, 2.05) is 0 Å². The highest BCUT2D eigenvalue weighted by Gasteiger charge is 2.35. The number of rotatable bonds is 9. The van der Waals surface area contributed by atoms with Crippen molar-refractivity contribution in [2.75, 3.05) is 26.4 Å². The van der Waals surface area contributed by atoms with E-state index in [-0.39, 0.29) is 37.8 Å². The zero-order valence-corrected chi connectivity index (χ0v) is 22.8. The lowest BCUT2D eigenvalue weighted by molar-refractivity contribution is 0.199. The zero-order valence-electron chi connectivity index (χ0n) is 16.4. The van der Waals surface area contributed by atoms with Gasteiger partial charge in [-0.25, -0.2) is 0 Å². The topological polar surface area (TPSA) is 58.9 Å². The molecule has 29 heavy (non-hydrogen) atoms. The first-order chi connectivity index (χ1) is 13.7. The summed E-state index contributed by atoms with van der Waals surface area (Å²) in [6, 6.07) is 8.26. The van der Waals surface area contributed by atoms with Gasteiger partial charge in [-0.2, -0.15) is 0 Å². The molecule has 0 amide bonds. The maximum atomic E-state index is 9.05. The van der Waals surface area contributed by atoms with Gasteiger partial charge in [0.25, 0.3) is 0 Å². The second-order valence-corrected chi connectivity index (χ2v) is 10.5. The third-order valence-electron chi connectivity index (χ3n) is 5.03. The Hall–Kier alpha value is -0.120. The molecule has 0 heterocycles. The molecular weight excluding hydrogens is 636 g/mol. The fraction of sp³-hybridized carbons (Fsp3) is 0.429. The van der Waals surface area contributed by atoms with Gasteiger partial charge in [0.15, 0.2) is 0 Å². The standard InChI is InChI=1S/C21H24Br4O4/c1-12(2)21(3,13-8-15(22)19(16(23)9-13)28-6-4-26)14-10-17(24)20(18(25)11-14)29-7-5-27/h8-12,26-27H,4-7H2,1-3H3. The lowest BCUT2D eigenvalue weighted by Gasteiger charge is -2.36. The van der Waals surface area contributed by atoms with Gasteiger partial charge in [-0.05, 0) is 105 Å². The van der Waals surface area contributed by atoms with Crippen LogP contribution in [0.1, 0.15) is 31.9 Å². The van der Waals surface area contributed by atoms with Crippen LogP contribution in [0.2, 0.25) is 0 Å². The molecule has 0 aliphatic carbocycles. The first-order valence-corrected chi connectivity index (χ1v) is 12.3. The van der Waals surface area contributed by atoms with Crippen molar-refractivity contribution in [1.82, 2.24) is 0 Å².